The van der Waals surface area contributed by atoms with Crippen molar-refractivity contribution in [3.63, 3.8) is 0 Å². The van der Waals surface area contributed by atoms with Gasteiger partial charge >= 0.3 is 5.97 Å². The van der Waals surface area contributed by atoms with E-state index in [1.54, 1.807) is 19.1 Å². The minimum Gasteiger partial charge on any atom is -0.457 e. The molecule has 8 atom stereocenters. The van der Waals surface area contributed by atoms with Gasteiger partial charge in [-0.1, -0.05) is 63.6 Å². The third kappa shape index (κ3) is 4.61. The van der Waals surface area contributed by atoms with Gasteiger partial charge in [-0.2, -0.15) is 0 Å². The summed E-state index contributed by atoms with van der Waals surface area (Å²) in [5, 5.41) is 23.4. The molecule has 0 aromatic heterocycles. The Morgan fingerprint density at radius 3 is 2.48 bits per heavy atom. The number of aliphatic hydroxyl groups is 2. The number of ketones is 2. The number of Topliss-reactive ketones (excluding diaryl/α,β-unsaturated/α-hetero) is 1. The minimum atomic E-state index is -1.67. The van der Waals surface area contributed by atoms with Crippen molar-refractivity contribution in [3.05, 3.63) is 59.2 Å². The van der Waals surface area contributed by atoms with Crippen LogP contribution in [0.15, 0.2) is 48.1 Å². The van der Waals surface area contributed by atoms with Crippen LogP contribution in [0.4, 0.5) is 0 Å². The molecule has 3 saturated carbocycles. The Balaban J connectivity index is 1.28. The Morgan fingerprint density at radius 2 is 1.80 bits per heavy atom. The van der Waals surface area contributed by atoms with Gasteiger partial charge in [0.15, 0.2) is 12.4 Å². The molecule has 40 heavy (non-hydrogen) atoms. The molecule has 1 aromatic carbocycles. The molecule has 6 nitrogen and oxygen atoms in total. The van der Waals surface area contributed by atoms with Gasteiger partial charge in [0.1, 0.15) is 5.60 Å². The predicted octanol–water partition coefficient (Wildman–Crippen LogP) is 5.11. The van der Waals surface area contributed by atoms with E-state index in [4.69, 9.17) is 4.74 Å². The fourth-order valence-corrected chi connectivity index (χ4v) is 8.72. The van der Waals surface area contributed by atoms with Crippen molar-refractivity contribution in [2.24, 2.45) is 34.5 Å². The summed E-state index contributed by atoms with van der Waals surface area (Å²) in [7, 11) is 0. The molecule has 216 valence electrons. The predicted molar refractivity (Wildman–Crippen MR) is 152 cm³/mol. The van der Waals surface area contributed by atoms with Crippen LogP contribution in [0.2, 0.25) is 0 Å². The quantitative estimate of drug-likeness (QED) is 0.459. The molecule has 0 radical (unpaired) electrons. The van der Waals surface area contributed by atoms with E-state index in [1.165, 1.54) is 5.56 Å². The van der Waals surface area contributed by atoms with E-state index < -0.39 is 46.8 Å². The lowest BCUT2D eigenvalue weighted by atomic mass is 9.46. The molecule has 0 spiro atoms. The summed E-state index contributed by atoms with van der Waals surface area (Å²) in [4.78, 5) is 38.5. The number of hydrogen-bond donors (Lipinski definition) is 2. The van der Waals surface area contributed by atoms with E-state index in [9.17, 15) is 24.6 Å². The molecule has 0 bridgehead atoms. The Morgan fingerprint density at radius 1 is 1.10 bits per heavy atom. The van der Waals surface area contributed by atoms with Crippen LogP contribution in [0.3, 0.4) is 0 Å². The lowest BCUT2D eigenvalue weighted by Gasteiger charge is -2.59. The highest BCUT2D eigenvalue weighted by Gasteiger charge is 2.68. The van der Waals surface area contributed by atoms with Gasteiger partial charge in [-0.05, 0) is 86.5 Å². The van der Waals surface area contributed by atoms with E-state index in [1.807, 2.05) is 37.3 Å². The minimum absolute atomic E-state index is 0.00564. The van der Waals surface area contributed by atoms with Crippen LogP contribution in [-0.4, -0.2) is 46.1 Å². The van der Waals surface area contributed by atoms with E-state index in [0.29, 0.717) is 25.2 Å². The van der Waals surface area contributed by atoms with Crippen LogP contribution in [0.25, 0.3) is 0 Å². The van der Waals surface area contributed by atoms with Crippen molar-refractivity contribution in [3.8, 4) is 0 Å². The van der Waals surface area contributed by atoms with Crippen LogP contribution in [0, 0.1) is 34.5 Å². The number of esters is 1. The monoisotopic (exact) mass is 548 g/mol. The van der Waals surface area contributed by atoms with Crippen molar-refractivity contribution in [1.82, 2.24) is 0 Å². The van der Waals surface area contributed by atoms with Crippen molar-refractivity contribution >= 4 is 17.5 Å². The molecule has 0 saturated heterocycles. The molecule has 0 aliphatic heterocycles. The lowest BCUT2D eigenvalue weighted by molar-refractivity contribution is -0.181. The summed E-state index contributed by atoms with van der Waals surface area (Å²) in [5.74, 6) is -0.859. The first-order valence-corrected chi connectivity index (χ1v) is 14.9. The van der Waals surface area contributed by atoms with E-state index >= 15 is 0 Å². The maximum absolute atomic E-state index is 13.6. The molecule has 3 fully saturated rings. The standard InChI is InChI=1S/C34H44O6/c1-20(2)16-22-6-8-23(9-7-22)21(3)31(38)40-19-29(37)34(39)15-13-27-26-11-10-24-17-25(35)12-14-32(24,4)30(26)28(36)18-33(27,34)5/h6-9,12,14,17,20-21,26-28,30,36,39H,10-11,13,15-16,18-19H2,1-5H3/t21?,26-,27-,28-,30+,32-,33-,34-/m0/s1. The molecule has 2 N–H and O–H groups in total. The molecule has 0 heterocycles. The topological polar surface area (TPSA) is 101 Å². The summed E-state index contributed by atoms with van der Waals surface area (Å²) in [6.45, 7) is 9.65. The Kier molecular flexibility index (Phi) is 7.50. The highest BCUT2D eigenvalue weighted by Crippen LogP contribution is 2.67. The van der Waals surface area contributed by atoms with E-state index in [-0.39, 0.29) is 23.5 Å². The van der Waals surface area contributed by atoms with Crippen LogP contribution < -0.4 is 0 Å². The molecule has 4 aliphatic rings. The average Bonchev–Trinajstić information content (AvgIpc) is 3.17. The summed E-state index contributed by atoms with van der Waals surface area (Å²) in [6, 6.07) is 7.92. The summed E-state index contributed by atoms with van der Waals surface area (Å²) >= 11 is 0. The smallest absolute Gasteiger partial charge is 0.313 e. The van der Waals surface area contributed by atoms with Gasteiger partial charge in [-0.3, -0.25) is 14.4 Å². The zero-order valence-electron chi connectivity index (χ0n) is 24.5. The average molecular weight is 549 g/mol. The highest BCUT2D eigenvalue weighted by atomic mass is 16.5. The molecule has 5 rings (SSSR count). The number of rotatable bonds is 7. The number of allylic oxidation sites excluding steroid dienone is 4. The van der Waals surface area contributed by atoms with Crippen molar-refractivity contribution < 1.29 is 29.3 Å². The van der Waals surface area contributed by atoms with Gasteiger partial charge < -0.3 is 14.9 Å². The van der Waals surface area contributed by atoms with Crippen molar-refractivity contribution in [2.75, 3.05) is 6.61 Å². The van der Waals surface area contributed by atoms with Gasteiger partial charge in [0, 0.05) is 16.7 Å². The van der Waals surface area contributed by atoms with E-state index in [0.717, 1.165) is 30.4 Å². The number of ether oxygens (including phenoxy) is 1. The number of carbonyl (C=O) groups excluding carboxylic acids is 3. The first-order chi connectivity index (χ1) is 18.8. The fraction of sp³-hybridized carbons (Fsp3) is 0.618. The number of fused-ring (bicyclic) bond motifs is 5. The Labute approximate surface area is 237 Å². The van der Waals surface area contributed by atoms with Crippen LogP contribution in [0.1, 0.15) is 83.8 Å². The van der Waals surface area contributed by atoms with Gasteiger partial charge in [0.25, 0.3) is 0 Å². The van der Waals surface area contributed by atoms with Crippen molar-refractivity contribution in [1.29, 1.82) is 0 Å². The second-order valence-electron chi connectivity index (χ2n) is 13.7. The zero-order valence-corrected chi connectivity index (χ0v) is 24.5. The highest BCUT2D eigenvalue weighted by molar-refractivity contribution is 6.01. The SMILES string of the molecule is CC(C)Cc1ccc(C(C)C(=O)OCC(=O)[C@@]2(O)CC[C@H]3[C@@H]4CCC5=CC(=O)C=C[C@]5(C)[C@H]4[C@@H](O)C[C@@]32C)cc1. The largest absolute Gasteiger partial charge is 0.457 e. The second kappa shape index (κ2) is 10.4. The van der Waals surface area contributed by atoms with Gasteiger partial charge in [-0.15, -0.1) is 0 Å². The van der Waals surface area contributed by atoms with Gasteiger partial charge in [0.05, 0.1) is 12.0 Å². The molecular weight excluding hydrogens is 504 g/mol. The van der Waals surface area contributed by atoms with Gasteiger partial charge in [0.2, 0.25) is 5.78 Å². The Hall–Kier alpha value is -2.57. The summed E-state index contributed by atoms with van der Waals surface area (Å²) in [5.41, 5.74) is 0.229. The molecular formula is C34H44O6. The maximum atomic E-state index is 13.6. The number of hydrogen-bond acceptors (Lipinski definition) is 6. The van der Waals surface area contributed by atoms with E-state index in [2.05, 4.69) is 20.8 Å². The van der Waals surface area contributed by atoms with Crippen LogP contribution in [-0.2, 0) is 25.5 Å². The lowest BCUT2D eigenvalue weighted by Crippen LogP contribution is -2.61. The van der Waals surface area contributed by atoms with Crippen LogP contribution in [0.5, 0.6) is 0 Å². The van der Waals surface area contributed by atoms with Crippen molar-refractivity contribution in [2.45, 2.75) is 90.8 Å². The molecule has 0 amide bonds. The molecule has 4 aliphatic carbocycles. The second-order valence-corrected chi connectivity index (χ2v) is 13.7. The first kappa shape index (κ1) is 28.9. The molecule has 1 unspecified atom stereocenters. The Bertz CT molecular complexity index is 1240. The zero-order chi connectivity index (χ0) is 29.0. The maximum Gasteiger partial charge on any atom is 0.313 e. The van der Waals surface area contributed by atoms with Crippen LogP contribution >= 0.6 is 0 Å². The fourth-order valence-electron chi connectivity index (χ4n) is 8.72. The molecule has 6 heteroatoms. The third-order valence-corrected chi connectivity index (χ3v) is 10.9. The summed E-state index contributed by atoms with van der Waals surface area (Å²) < 4.78 is 5.49. The third-order valence-electron chi connectivity index (χ3n) is 10.9. The molecule has 1 aromatic rings. The number of benzene rings is 1. The first-order valence-electron chi connectivity index (χ1n) is 14.9. The number of aliphatic hydroxyl groups excluding tert-OH is 1. The normalized spacial score (nSPS) is 37.3. The number of carbonyl (C=O) groups is 3. The van der Waals surface area contributed by atoms with Gasteiger partial charge in [-0.25, -0.2) is 0 Å². The summed E-state index contributed by atoms with van der Waals surface area (Å²) in [6.07, 6.45) is 8.38.